The van der Waals surface area contributed by atoms with Gasteiger partial charge >= 0.3 is 5.97 Å². The summed E-state index contributed by atoms with van der Waals surface area (Å²) < 4.78 is 30.4. The molecule has 1 N–H and O–H groups in total. The van der Waals surface area contributed by atoms with E-state index in [1.54, 1.807) is 18.2 Å². The average molecular weight is 403 g/mol. The molecule has 29 heavy (non-hydrogen) atoms. The van der Waals surface area contributed by atoms with E-state index in [4.69, 9.17) is 14.2 Å². The van der Waals surface area contributed by atoms with Gasteiger partial charge in [-0.3, -0.25) is 9.69 Å². The Bertz CT molecular complexity index is 847. The lowest BCUT2D eigenvalue weighted by atomic mass is 9.91. The minimum Gasteiger partial charge on any atom is -0.493 e. The SMILES string of the molecule is COc1cc(C(c2cccc(F)c2)N2CCCCC2C(=O)O)cc(OC)c1OC. The van der Waals surface area contributed by atoms with E-state index in [0.29, 0.717) is 35.8 Å². The first kappa shape index (κ1) is 20.9. The molecule has 0 saturated carbocycles. The van der Waals surface area contributed by atoms with Gasteiger partial charge in [-0.15, -0.1) is 0 Å². The van der Waals surface area contributed by atoms with Crippen LogP contribution in [0.2, 0.25) is 0 Å². The summed E-state index contributed by atoms with van der Waals surface area (Å²) in [6.07, 6.45) is 2.27. The molecule has 1 heterocycles. The highest BCUT2D eigenvalue weighted by molar-refractivity contribution is 5.74. The fourth-order valence-electron chi connectivity index (χ4n) is 4.04. The van der Waals surface area contributed by atoms with Crippen LogP contribution in [0.15, 0.2) is 36.4 Å². The Balaban J connectivity index is 2.19. The molecule has 2 aromatic rings. The first-order valence-electron chi connectivity index (χ1n) is 9.54. The van der Waals surface area contributed by atoms with Crippen LogP contribution in [0.25, 0.3) is 0 Å². The number of benzene rings is 2. The summed E-state index contributed by atoms with van der Waals surface area (Å²) in [5.74, 6) is 0.131. The van der Waals surface area contributed by atoms with Crippen molar-refractivity contribution < 1.29 is 28.5 Å². The molecular formula is C22H26FNO5. The maximum absolute atomic E-state index is 14.1. The highest BCUT2D eigenvalue weighted by Gasteiger charge is 2.36. The number of carboxylic acid groups (broad SMARTS) is 1. The molecule has 2 unspecified atom stereocenters. The zero-order chi connectivity index (χ0) is 21.0. The highest BCUT2D eigenvalue weighted by Crippen LogP contribution is 2.43. The molecular weight excluding hydrogens is 377 g/mol. The van der Waals surface area contributed by atoms with Crippen LogP contribution < -0.4 is 14.2 Å². The van der Waals surface area contributed by atoms with Crippen LogP contribution in [0.4, 0.5) is 4.39 Å². The van der Waals surface area contributed by atoms with Gasteiger partial charge in [0.1, 0.15) is 11.9 Å². The number of likely N-dealkylation sites (tertiary alicyclic amines) is 1. The zero-order valence-corrected chi connectivity index (χ0v) is 16.9. The molecule has 2 atom stereocenters. The lowest BCUT2D eigenvalue weighted by Gasteiger charge is -2.39. The van der Waals surface area contributed by atoms with Gasteiger partial charge in [0.15, 0.2) is 11.5 Å². The molecule has 0 bridgehead atoms. The number of nitrogens with zero attached hydrogens (tertiary/aromatic N) is 1. The van der Waals surface area contributed by atoms with Gasteiger partial charge in [0.2, 0.25) is 5.75 Å². The van der Waals surface area contributed by atoms with Crippen LogP contribution in [0, 0.1) is 5.82 Å². The lowest BCUT2D eigenvalue weighted by Crippen LogP contribution is -2.46. The zero-order valence-electron chi connectivity index (χ0n) is 16.9. The van der Waals surface area contributed by atoms with Crippen molar-refractivity contribution in [1.29, 1.82) is 0 Å². The smallest absolute Gasteiger partial charge is 0.320 e. The third-order valence-corrected chi connectivity index (χ3v) is 5.33. The first-order valence-corrected chi connectivity index (χ1v) is 9.54. The summed E-state index contributed by atoms with van der Waals surface area (Å²) in [6, 6.07) is 8.73. The summed E-state index contributed by atoms with van der Waals surface area (Å²) in [5, 5.41) is 9.80. The number of piperidine rings is 1. The molecule has 0 aromatic heterocycles. The summed E-state index contributed by atoms with van der Waals surface area (Å²) in [6.45, 7) is 0.592. The third kappa shape index (κ3) is 4.29. The number of carboxylic acids is 1. The number of halogens is 1. The Labute approximate surface area is 169 Å². The predicted molar refractivity (Wildman–Crippen MR) is 106 cm³/mol. The molecule has 2 aromatic carbocycles. The van der Waals surface area contributed by atoms with Gasteiger partial charge in [-0.2, -0.15) is 0 Å². The summed E-state index contributed by atoms with van der Waals surface area (Å²) in [5.41, 5.74) is 1.42. The second-order valence-electron chi connectivity index (χ2n) is 7.00. The monoisotopic (exact) mass is 403 g/mol. The lowest BCUT2D eigenvalue weighted by molar-refractivity contribution is -0.145. The van der Waals surface area contributed by atoms with Crippen LogP contribution in [-0.2, 0) is 4.79 Å². The van der Waals surface area contributed by atoms with Crippen molar-refractivity contribution in [3.63, 3.8) is 0 Å². The molecule has 6 nitrogen and oxygen atoms in total. The molecule has 0 radical (unpaired) electrons. The number of rotatable bonds is 7. The number of methoxy groups -OCH3 is 3. The van der Waals surface area contributed by atoms with Gasteiger partial charge in [-0.25, -0.2) is 4.39 Å². The number of ether oxygens (including phenoxy) is 3. The van der Waals surface area contributed by atoms with Crippen molar-refractivity contribution in [2.75, 3.05) is 27.9 Å². The van der Waals surface area contributed by atoms with E-state index in [9.17, 15) is 14.3 Å². The largest absolute Gasteiger partial charge is 0.493 e. The van der Waals surface area contributed by atoms with Crippen molar-refractivity contribution >= 4 is 5.97 Å². The highest BCUT2D eigenvalue weighted by atomic mass is 19.1. The van der Waals surface area contributed by atoms with Gasteiger partial charge < -0.3 is 19.3 Å². The van der Waals surface area contributed by atoms with E-state index < -0.39 is 18.1 Å². The van der Waals surface area contributed by atoms with Crippen molar-refractivity contribution in [1.82, 2.24) is 4.90 Å². The molecule has 7 heteroatoms. The van der Waals surface area contributed by atoms with Gasteiger partial charge in [0.25, 0.3) is 0 Å². The first-order chi connectivity index (χ1) is 14.0. The summed E-state index contributed by atoms with van der Waals surface area (Å²) >= 11 is 0. The standard InChI is InChI=1S/C22H26FNO5/c1-27-18-12-15(13-19(28-2)21(18)29-3)20(14-7-6-8-16(23)11-14)24-10-5-4-9-17(24)22(25)26/h6-8,11-13,17,20H,4-5,9-10H2,1-3H3,(H,25,26). The second-order valence-corrected chi connectivity index (χ2v) is 7.00. The molecule has 0 spiro atoms. The average Bonchev–Trinajstić information content (AvgIpc) is 2.73. The number of hydrogen-bond donors (Lipinski definition) is 1. The van der Waals surface area contributed by atoms with Crippen molar-refractivity contribution in [2.24, 2.45) is 0 Å². The Hall–Kier alpha value is -2.80. The summed E-state index contributed by atoms with van der Waals surface area (Å²) in [4.78, 5) is 13.9. The van der Waals surface area contributed by atoms with E-state index >= 15 is 0 Å². The van der Waals surface area contributed by atoms with Crippen LogP contribution >= 0.6 is 0 Å². The van der Waals surface area contributed by atoms with Gasteiger partial charge in [0, 0.05) is 0 Å². The normalized spacial score (nSPS) is 18.1. The fourth-order valence-corrected chi connectivity index (χ4v) is 4.04. The molecule has 1 aliphatic heterocycles. The van der Waals surface area contributed by atoms with Crippen molar-refractivity contribution in [3.05, 3.63) is 53.3 Å². The Morgan fingerprint density at radius 2 is 1.76 bits per heavy atom. The van der Waals surface area contributed by atoms with E-state index in [1.807, 2.05) is 11.0 Å². The van der Waals surface area contributed by atoms with E-state index in [1.165, 1.54) is 33.5 Å². The molecule has 0 amide bonds. The molecule has 1 aliphatic rings. The molecule has 156 valence electrons. The molecule has 1 fully saturated rings. The third-order valence-electron chi connectivity index (χ3n) is 5.33. The second kappa shape index (κ2) is 9.13. The molecule has 3 rings (SSSR count). The van der Waals surface area contributed by atoms with E-state index in [-0.39, 0.29) is 5.82 Å². The number of hydrogen-bond acceptors (Lipinski definition) is 5. The number of carbonyl (C=O) groups is 1. The Kier molecular flexibility index (Phi) is 6.59. The topological polar surface area (TPSA) is 68.2 Å². The minimum atomic E-state index is -0.876. The Morgan fingerprint density at radius 1 is 1.07 bits per heavy atom. The van der Waals surface area contributed by atoms with Gasteiger partial charge in [-0.05, 0) is 54.8 Å². The van der Waals surface area contributed by atoms with Crippen LogP contribution in [0.3, 0.4) is 0 Å². The fraction of sp³-hybridized carbons (Fsp3) is 0.409. The quantitative estimate of drug-likeness (QED) is 0.757. The van der Waals surface area contributed by atoms with Crippen molar-refractivity contribution in [2.45, 2.75) is 31.3 Å². The number of aliphatic carboxylic acids is 1. The van der Waals surface area contributed by atoms with Crippen molar-refractivity contribution in [3.8, 4) is 17.2 Å². The van der Waals surface area contributed by atoms with Crippen LogP contribution in [-0.4, -0.2) is 49.9 Å². The van der Waals surface area contributed by atoms with Crippen LogP contribution in [0.1, 0.15) is 36.4 Å². The maximum Gasteiger partial charge on any atom is 0.320 e. The van der Waals surface area contributed by atoms with E-state index in [2.05, 4.69) is 0 Å². The van der Waals surface area contributed by atoms with Gasteiger partial charge in [0.05, 0.1) is 27.4 Å². The minimum absolute atomic E-state index is 0.371. The molecule has 1 saturated heterocycles. The maximum atomic E-state index is 14.1. The van der Waals surface area contributed by atoms with E-state index in [0.717, 1.165) is 18.4 Å². The predicted octanol–water partition coefficient (Wildman–Crippen LogP) is 3.88. The summed E-state index contributed by atoms with van der Waals surface area (Å²) in [7, 11) is 4.58. The Morgan fingerprint density at radius 3 is 2.31 bits per heavy atom. The molecule has 0 aliphatic carbocycles. The van der Waals surface area contributed by atoms with Crippen LogP contribution in [0.5, 0.6) is 17.2 Å². The van der Waals surface area contributed by atoms with Gasteiger partial charge in [-0.1, -0.05) is 18.6 Å².